The van der Waals surface area contributed by atoms with E-state index in [-0.39, 0.29) is 12.3 Å². The summed E-state index contributed by atoms with van der Waals surface area (Å²) in [6.45, 7) is 5.09. The Hall–Kier alpha value is -3.78. The van der Waals surface area contributed by atoms with Crippen molar-refractivity contribution in [2.24, 2.45) is 0 Å². The highest BCUT2D eigenvalue weighted by atomic mass is 32.1. The maximum absolute atomic E-state index is 13.4. The van der Waals surface area contributed by atoms with Crippen LogP contribution in [0.2, 0.25) is 0 Å². The quantitative estimate of drug-likeness (QED) is 0.356. The Balaban J connectivity index is 1.43. The third-order valence-electron chi connectivity index (χ3n) is 6.25. The minimum Gasteiger partial charge on any atom is -0.319 e. The third kappa shape index (κ3) is 3.34. The minimum absolute atomic E-state index is 0.294. The fourth-order valence-electron chi connectivity index (χ4n) is 4.43. The molecule has 2 aromatic carbocycles. The van der Waals surface area contributed by atoms with Gasteiger partial charge in [-0.15, -0.1) is 11.3 Å². The van der Waals surface area contributed by atoms with Crippen molar-refractivity contribution in [1.82, 2.24) is 19.8 Å². The fourth-order valence-corrected chi connectivity index (χ4v) is 5.18. The molecule has 4 aromatic rings. The van der Waals surface area contributed by atoms with Gasteiger partial charge >= 0.3 is 6.03 Å². The Morgan fingerprint density at radius 3 is 2.58 bits per heavy atom. The molecule has 1 aliphatic heterocycles. The molecule has 0 radical (unpaired) electrons. The Labute approximate surface area is 194 Å². The molecule has 0 bridgehead atoms. The van der Waals surface area contributed by atoms with E-state index in [1.807, 2.05) is 66.3 Å². The lowest BCUT2D eigenvalue weighted by atomic mass is 9.90. The van der Waals surface area contributed by atoms with Crippen LogP contribution in [0, 0.1) is 13.8 Å². The van der Waals surface area contributed by atoms with E-state index < -0.39 is 17.5 Å². The van der Waals surface area contributed by atoms with Crippen molar-refractivity contribution in [1.29, 1.82) is 0 Å². The normalized spacial score (nSPS) is 18.2. The lowest BCUT2D eigenvalue weighted by Gasteiger charge is -2.22. The smallest absolute Gasteiger partial charge is 0.319 e. The van der Waals surface area contributed by atoms with Gasteiger partial charge in [-0.3, -0.25) is 19.1 Å². The first-order valence-corrected chi connectivity index (χ1v) is 11.4. The molecular weight excluding hydrogens is 436 g/mol. The summed E-state index contributed by atoms with van der Waals surface area (Å²) in [6.07, 6.45) is 1.71. The maximum atomic E-state index is 13.4. The van der Waals surface area contributed by atoms with Gasteiger partial charge in [0.15, 0.2) is 10.9 Å². The number of ketones is 1. The van der Waals surface area contributed by atoms with Crippen molar-refractivity contribution >= 4 is 39.8 Å². The van der Waals surface area contributed by atoms with Gasteiger partial charge in [0.1, 0.15) is 5.54 Å². The standard InChI is InChI=1S/C25H22N4O3S/c1-15-12-20(16(2)29(15)24-26-10-11-33-24)21(30)14-28-22(31)25(3,27-23(28)32)19-9-8-17-6-4-5-7-18(17)13-19/h4-13H,14H2,1-3H3,(H,27,32). The van der Waals surface area contributed by atoms with Crippen LogP contribution in [-0.4, -0.2) is 38.7 Å². The lowest BCUT2D eigenvalue weighted by Crippen LogP contribution is -2.41. The third-order valence-corrected chi connectivity index (χ3v) is 7.00. The first-order chi connectivity index (χ1) is 15.8. The topological polar surface area (TPSA) is 84.3 Å². The van der Waals surface area contributed by atoms with Crippen molar-refractivity contribution in [2.45, 2.75) is 26.3 Å². The number of aromatic nitrogens is 2. The molecule has 1 atom stereocenters. The molecule has 3 amide bonds. The minimum atomic E-state index is -1.24. The maximum Gasteiger partial charge on any atom is 0.325 e. The van der Waals surface area contributed by atoms with Gasteiger partial charge in [-0.05, 0) is 49.2 Å². The average molecular weight is 459 g/mol. The van der Waals surface area contributed by atoms with Crippen LogP contribution in [0.3, 0.4) is 0 Å². The molecule has 166 valence electrons. The summed E-state index contributed by atoms with van der Waals surface area (Å²) in [4.78, 5) is 44.6. The SMILES string of the molecule is Cc1cc(C(=O)CN2C(=O)NC(C)(c3ccc4ccccc4c3)C2=O)c(C)n1-c1nccs1. The highest BCUT2D eigenvalue weighted by Crippen LogP contribution is 2.31. The molecule has 1 aliphatic rings. The molecule has 0 aliphatic carbocycles. The lowest BCUT2D eigenvalue weighted by molar-refractivity contribution is -0.130. The number of hydrogen-bond donors (Lipinski definition) is 1. The summed E-state index contributed by atoms with van der Waals surface area (Å²) >= 11 is 1.47. The van der Waals surface area contributed by atoms with Gasteiger partial charge in [0.25, 0.3) is 5.91 Å². The zero-order chi connectivity index (χ0) is 23.3. The van der Waals surface area contributed by atoms with E-state index in [0.717, 1.165) is 32.2 Å². The summed E-state index contributed by atoms with van der Waals surface area (Å²) in [5, 5.41) is 7.45. The Bertz CT molecular complexity index is 1420. The van der Waals surface area contributed by atoms with Crippen molar-refractivity contribution in [2.75, 3.05) is 6.54 Å². The second-order valence-electron chi connectivity index (χ2n) is 8.37. The first kappa shape index (κ1) is 21.1. The highest BCUT2D eigenvalue weighted by Gasteiger charge is 2.49. The predicted octanol–water partition coefficient (Wildman–Crippen LogP) is 4.35. The number of nitrogens with one attached hydrogen (secondary N) is 1. The summed E-state index contributed by atoms with van der Waals surface area (Å²) in [5.74, 6) is -0.734. The molecule has 3 heterocycles. The van der Waals surface area contributed by atoms with E-state index in [1.165, 1.54) is 11.3 Å². The number of carbonyl (C=O) groups excluding carboxylic acids is 3. The van der Waals surface area contributed by atoms with Gasteiger partial charge in [-0.25, -0.2) is 9.78 Å². The number of imide groups is 1. The number of nitrogens with zero attached hydrogens (tertiary/aromatic N) is 3. The Morgan fingerprint density at radius 2 is 1.85 bits per heavy atom. The molecule has 5 rings (SSSR count). The number of carbonyl (C=O) groups is 3. The number of urea groups is 1. The van der Waals surface area contributed by atoms with Crippen molar-refractivity contribution in [3.8, 4) is 5.13 Å². The first-order valence-electron chi connectivity index (χ1n) is 10.5. The van der Waals surface area contributed by atoms with Gasteiger partial charge in [0.05, 0.1) is 6.54 Å². The molecule has 0 saturated carbocycles. The van der Waals surface area contributed by atoms with E-state index in [4.69, 9.17) is 0 Å². The Kier molecular flexibility index (Phi) is 4.90. The number of fused-ring (bicyclic) bond motifs is 1. The monoisotopic (exact) mass is 458 g/mol. The van der Waals surface area contributed by atoms with Gasteiger partial charge in [-0.2, -0.15) is 0 Å². The second-order valence-corrected chi connectivity index (χ2v) is 9.24. The van der Waals surface area contributed by atoms with Crippen LogP contribution in [0.1, 0.15) is 34.2 Å². The van der Waals surface area contributed by atoms with Gasteiger partial charge < -0.3 is 5.32 Å². The zero-order valence-electron chi connectivity index (χ0n) is 18.5. The van der Waals surface area contributed by atoms with Crippen LogP contribution in [0.15, 0.2) is 60.1 Å². The molecule has 33 heavy (non-hydrogen) atoms. The van der Waals surface area contributed by atoms with Crippen LogP contribution >= 0.6 is 11.3 Å². The van der Waals surface area contributed by atoms with Crippen LogP contribution in [0.4, 0.5) is 4.79 Å². The number of benzene rings is 2. The van der Waals surface area contributed by atoms with Gasteiger partial charge in [0.2, 0.25) is 0 Å². The summed E-state index contributed by atoms with van der Waals surface area (Å²) < 4.78 is 1.91. The van der Waals surface area contributed by atoms with Crippen LogP contribution in [0.25, 0.3) is 15.9 Å². The van der Waals surface area contributed by atoms with Crippen molar-refractivity contribution < 1.29 is 14.4 Å². The van der Waals surface area contributed by atoms with Crippen LogP contribution in [-0.2, 0) is 10.3 Å². The summed E-state index contributed by atoms with van der Waals surface area (Å²) in [5.41, 5.74) is 1.51. The molecule has 1 fully saturated rings. The van der Waals surface area contributed by atoms with E-state index in [1.54, 1.807) is 19.2 Å². The number of thiazole rings is 1. The summed E-state index contributed by atoms with van der Waals surface area (Å²) in [7, 11) is 0. The predicted molar refractivity (Wildman–Crippen MR) is 127 cm³/mol. The highest BCUT2D eigenvalue weighted by molar-refractivity contribution is 7.12. The largest absolute Gasteiger partial charge is 0.325 e. The van der Waals surface area contributed by atoms with E-state index in [2.05, 4.69) is 10.3 Å². The number of amides is 3. The summed E-state index contributed by atoms with van der Waals surface area (Å²) in [6, 6.07) is 14.7. The van der Waals surface area contributed by atoms with E-state index in [9.17, 15) is 14.4 Å². The van der Waals surface area contributed by atoms with Crippen LogP contribution < -0.4 is 5.32 Å². The molecule has 2 aromatic heterocycles. The van der Waals surface area contributed by atoms with Crippen molar-refractivity contribution in [3.63, 3.8) is 0 Å². The van der Waals surface area contributed by atoms with E-state index in [0.29, 0.717) is 11.1 Å². The average Bonchev–Trinajstić information content (AvgIpc) is 3.48. The molecule has 1 N–H and O–H groups in total. The number of hydrogen-bond acceptors (Lipinski definition) is 5. The van der Waals surface area contributed by atoms with Crippen molar-refractivity contribution in [3.05, 3.63) is 82.6 Å². The van der Waals surface area contributed by atoms with E-state index >= 15 is 0 Å². The molecule has 0 spiro atoms. The van der Waals surface area contributed by atoms with Gasteiger partial charge in [0, 0.05) is 28.5 Å². The second kappa shape index (κ2) is 7.67. The molecule has 1 saturated heterocycles. The zero-order valence-corrected chi connectivity index (χ0v) is 19.3. The number of rotatable bonds is 5. The number of Topliss-reactive ketones (excluding diaryl/α,β-unsaturated/α-hetero) is 1. The molecule has 8 heteroatoms. The fraction of sp³-hybridized carbons (Fsp3) is 0.200. The molecule has 7 nitrogen and oxygen atoms in total. The Morgan fingerprint density at radius 1 is 1.09 bits per heavy atom. The van der Waals surface area contributed by atoms with Gasteiger partial charge in [-0.1, -0.05) is 36.4 Å². The molecular formula is C25H22N4O3S. The van der Waals surface area contributed by atoms with Crippen LogP contribution in [0.5, 0.6) is 0 Å². The molecule has 1 unspecified atom stereocenters. The number of aryl methyl sites for hydroxylation is 1.